The number of benzene rings is 1. The van der Waals surface area contributed by atoms with Gasteiger partial charge in [-0.2, -0.15) is 0 Å². The average Bonchev–Trinajstić information content (AvgIpc) is 2.86. The van der Waals surface area contributed by atoms with Crippen molar-refractivity contribution in [3.63, 3.8) is 0 Å². The maximum absolute atomic E-state index is 4.87. The highest BCUT2D eigenvalue weighted by molar-refractivity contribution is 8.14. The fourth-order valence-electron chi connectivity index (χ4n) is 2.81. The summed E-state index contributed by atoms with van der Waals surface area (Å²) in [5.41, 5.74) is 2.35. The predicted octanol–water partition coefficient (Wildman–Crippen LogP) is 3.44. The maximum Gasteiger partial charge on any atom is 0.161 e. The van der Waals surface area contributed by atoms with E-state index in [0.29, 0.717) is 6.04 Å². The number of aliphatic imine (C=N–C) groups is 1. The van der Waals surface area contributed by atoms with Gasteiger partial charge in [0.25, 0.3) is 0 Å². The Morgan fingerprint density at radius 3 is 3.05 bits per heavy atom. The number of hydrogen-bond acceptors (Lipinski definition) is 4. The molecular weight excluding hydrogens is 254 g/mol. The molecule has 3 nitrogen and oxygen atoms in total. The lowest BCUT2D eigenvalue weighted by Crippen LogP contribution is -2.25. The van der Waals surface area contributed by atoms with Crippen LogP contribution in [-0.4, -0.2) is 31.1 Å². The average molecular weight is 275 g/mol. The van der Waals surface area contributed by atoms with E-state index in [9.17, 15) is 0 Å². The van der Waals surface area contributed by atoms with Crippen LogP contribution in [0.3, 0.4) is 0 Å². The molecule has 0 aromatic heterocycles. The molecule has 2 atom stereocenters. The van der Waals surface area contributed by atoms with Gasteiger partial charge < -0.3 is 10.2 Å². The van der Waals surface area contributed by atoms with E-state index in [2.05, 4.69) is 48.6 Å². The monoisotopic (exact) mass is 275 g/mol. The zero-order valence-electron chi connectivity index (χ0n) is 11.6. The molecule has 19 heavy (non-hydrogen) atoms. The summed E-state index contributed by atoms with van der Waals surface area (Å²) < 4.78 is 0. The third-order valence-electron chi connectivity index (χ3n) is 3.95. The van der Waals surface area contributed by atoms with Crippen LogP contribution < -0.4 is 10.2 Å². The molecule has 102 valence electrons. The van der Waals surface area contributed by atoms with E-state index in [1.54, 1.807) is 0 Å². The van der Waals surface area contributed by atoms with Gasteiger partial charge in [0.15, 0.2) is 5.17 Å². The van der Waals surface area contributed by atoms with Gasteiger partial charge in [-0.15, -0.1) is 0 Å². The fraction of sp³-hybridized carbons (Fsp3) is 0.533. The van der Waals surface area contributed by atoms with Crippen LogP contribution >= 0.6 is 11.8 Å². The highest BCUT2D eigenvalue weighted by Gasteiger charge is 2.30. The van der Waals surface area contributed by atoms with Gasteiger partial charge in [-0.3, -0.25) is 4.99 Å². The van der Waals surface area contributed by atoms with Gasteiger partial charge in [0, 0.05) is 31.2 Å². The SMILES string of the molecule is CN(C)c1cccc(NC2=NC3CCCC3CS2)c1. The lowest BCUT2D eigenvalue weighted by atomic mass is 10.1. The summed E-state index contributed by atoms with van der Waals surface area (Å²) in [4.78, 5) is 6.99. The van der Waals surface area contributed by atoms with Crippen LogP contribution in [0.25, 0.3) is 0 Å². The van der Waals surface area contributed by atoms with Crippen LogP contribution in [0.2, 0.25) is 0 Å². The van der Waals surface area contributed by atoms with Crippen LogP contribution in [0, 0.1) is 5.92 Å². The van der Waals surface area contributed by atoms with Crippen LogP contribution in [0.5, 0.6) is 0 Å². The second-order valence-corrected chi connectivity index (χ2v) is 6.58. The molecule has 1 aromatic rings. The molecule has 0 amide bonds. The molecule has 1 fully saturated rings. The van der Waals surface area contributed by atoms with Gasteiger partial charge in [-0.25, -0.2) is 0 Å². The third kappa shape index (κ3) is 2.89. The molecule has 3 rings (SSSR count). The normalized spacial score (nSPS) is 25.7. The Labute approximate surface area is 119 Å². The van der Waals surface area contributed by atoms with E-state index in [-0.39, 0.29) is 0 Å². The Kier molecular flexibility index (Phi) is 3.69. The summed E-state index contributed by atoms with van der Waals surface area (Å²) >= 11 is 1.87. The number of rotatable bonds is 2. The third-order valence-corrected chi connectivity index (χ3v) is 5.03. The standard InChI is InChI=1S/C15H21N3S/c1-18(2)13-7-4-6-12(9-13)16-15-17-14-8-3-5-11(14)10-19-15/h4,6-7,9,11,14H,3,5,8,10H2,1-2H3,(H,16,17). The van der Waals surface area contributed by atoms with Crippen LogP contribution in [0.1, 0.15) is 19.3 Å². The van der Waals surface area contributed by atoms with Crippen molar-refractivity contribution in [2.75, 3.05) is 30.1 Å². The molecule has 0 saturated heterocycles. The first-order valence-electron chi connectivity index (χ1n) is 6.97. The minimum absolute atomic E-state index is 0.570. The summed E-state index contributed by atoms with van der Waals surface area (Å²) in [7, 11) is 4.13. The highest BCUT2D eigenvalue weighted by atomic mass is 32.2. The van der Waals surface area contributed by atoms with Gasteiger partial charge in [-0.05, 0) is 37.0 Å². The number of hydrogen-bond donors (Lipinski definition) is 1. The minimum Gasteiger partial charge on any atom is -0.378 e. The Bertz CT molecular complexity index is 484. The van der Waals surface area contributed by atoms with Gasteiger partial charge >= 0.3 is 0 Å². The quantitative estimate of drug-likeness (QED) is 0.896. The molecule has 1 saturated carbocycles. The van der Waals surface area contributed by atoms with Crippen molar-refractivity contribution < 1.29 is 0 Å². The number of nitrogens with one attached hydrogen (secondary N) is 1. The number of amidine groups is 1. The summed E-state index contributed by atoms with van der Waals surface area (Å²) in [6.07, 6.45) is 3.99. The van der Waals surface area contributed by atoms with Crippen molar-refractivity contribution in [3.8, 4) is 0 Å². The molecule has 1 aromatic carbocycles. The molecule has 1 aliphatic heterocycles. The number of thioether (sulfide) groups is 1. The smallest absolute Gasteiger partial charge is 0.161 e. The second-order valence-electron chi connectivity index (χ2n) is 5.57. The minimum atomic E-state index is 0.570. The molecule has 2 unspecified atom stereocenters. The molecule has 0 radical (unpaired) electrons. The van der Waals surface area contributed by atoms with Crippen molar-refractivity contribution in [3.05, 3.63) is 24.3 Å². The van der Waals surface area contributed by atoms with E-state index in [0.717, 1.165) is 16.8 Å². The number of anilines is 2. The maximum atomic E-state index is 4.87. The van der Waals surface area contributed by atoms with Crippen LogP contribution in [-0.2, 0) is 0 Å². The molecule has 0 bridgehead atoms. The molecule has 4 heteroatoms. The van der Waals surface area contributed by atoms with Crippen LogP contribution in [0.15, 0.2) is 29.3 Å². The highest BCUT2D eigenvalue weighted by Crippen LogP contribution is 2.35. The summed E-state index contributed by atoms with van der Waals surface area (Å²) in [6, 6.07) is 9.06. The predicted molar refractivity (Wildman–Crippen MR) is 85.4 cm³/mol. The van der Waals surface area contributed by atoms with Gasteiger partial charge in [-0.1, -0.05) is 24.2 Å². The van der Waals surface area contributed by atoms with Crippen molar-refractivity contribution >= 4 is 28.3 Å². The van der Waals surface area contributed by atoms with Gasteiger partial charge in [0.05, 0.1) is 6.04 Å². The first kappa shape index (κ1) is 12.9. The summed E-state index contributed by atoms with van der Waals surface area (Å²) in [6.45, 7) is 0. The van der Waals surface area contributed by atoms with Crippen molar-refractivity contribution in [2.24, 2.45) is 10.9 Å². The molecule has 1 N–H and O–H groups in total. The molecule has 2 aliphatic rings. The van der Waals surface area contributed by atoms with E-state index in [1.807, 2.05) is 11.8 Å². The van der Waals surface area contributed by atoms with Crippen LogP contribution in [0.4, 0.5) is 11.4 Å². The Morgan fingerprint density at radius 1 is 1.32 bits per heavy atom. The largest absolute Gasteiger partial charge is 0.378 e. The fourth-order valence-corrected chi connectivity index (χ4v) is 3.97. The Balaban J connectivity index is 1.73. The van der Waals surface area contributed by atoms with E-state index in [1.165, 1.54) is 30.7 Å². The zero-order valence-corrected chi connectivity index (χ0v) is 12.4. The van der Waals surface area contributed by atoms with Gasteiger partial charge in [0.2, 0.25) is 0 Å². The zero-order chi connectivity index (χ0) is 13.2. The number of fused-ring (bicyclic) bond motifs is 1. The molecule has 1 aliphatic carbocycles. The lowest BCUT2D eigenvalue weighted by molar-refractivity contribution is 0.535. The molecule has 0 spiro atoms. The van der Waals surface area contributed by atoms with E-state index < -0.39 is 0 Å². The topological polar surface area (TPSA) is 27.6 Å². The molecule has 1 heterocycles. The number of nitrogens with zero attached hydrogens (tertiary/aromatic N) is 2. The first-order valence-corrected chi connectivity index (χ1v) is 7.96. The first-order chi connectivity index (χ1) is 9.22. The van der Waals surface area contributed by atoms with E-state index >= 15 is 0 Å². The second kappa shape index (κ2) is 5.45. The van der Waals surface area contributed by atoms with Gasteiger partial charge in [0.1, 0.15) is 0 Å². The Morgan fingerprint density at radius 2 is 2.21 bits per heavy atom. The molecular formula is C15H21N3S. The van der Waals surface area contributed by atoms with Crippen molar-refractivity contribution in [2.45, 2.75) is 25.3 Å². The van der Waals surface area contributed by atoms with E-state index in [4.69, 9.17) is 4.99 Å². The Hall–Kier alpha value is -1.16. The summed E-state index contributed by atoms with van der Waals surface area (Å²) in [5.74, 6) is 2.05. The summed E-state index contributed by atoms with van der Waals surface area (Å²) in [5, 5.41) is 4.57. The lowest BCUT2D eigenvalue weighted by Gasteiger charge is -2.23. The van der Waals surface area contributed by atoms with Crippen molar-refractivity contribution in [1.82, 2.24) is 0 Å². The van der Waals surface area contributed by atoms with Crippen molar-refractivity contribution in [1.29, 1.82) is 0 Å².